The van der Waals surface area contributed by atoms with Gasteiger partial charge in [0.05, 0.1) is 0 Å². The SMILES string of the molecule is CC(N)CCCCCCCCCCCC(=O)O. The first-order valence-electron chi connectivity index (χ1n) is 7.10. The van der Waals surface area contributed by atoms with Crippen LogP contribution in [-0.2, 0) is 4.79 Å². The fourth-order valence-corrected chi connectivity index (χ4v) is 1.98. The van der Waals surface area contributed by atoms with Crippen molar-refractivity contribution in [2.45, 2.75) is 83.6 Å². The third-order valence-corrected chi connectivity index (χ3v) is 3.05. The molecule has 3 nitrogen and oxygen atoms in total. The molecule has 0 heterocycles. The largest absolute Gasteiger partial charge is 0.481 e. The molecule has 1 unspecified atom stereocenters. The van der Waals surface area contributed by atoms with Crippen molar-refractivity contribution in [3.8, 4) is 0 Å². The van der Waals surface area contributed by atoms with Crippen molar-refractivity contribution in [1.29, 1.82) is 0 Å². The zero-order valence-electron chi connectivity index (χ0n) is 11.3. The molecule has 3 N–H and O–H groups in total. The summed E-state index contributed by atoms with van der Waals surface area (Å²) >= 11 is 0. The van der Waals surface area contributed by atoms with E-state index in [2.05, 4.69) is 6.92 Å². The zero-order valence-corrected chi connectivity index (χ0v) is 11.3. The van der Waals surface area contributed by atoms with Crippen LogP contribution in [0.5, 0.6) is 0 Å². The fourth-order valence-electron chi connectivity index (χ4n) is 1.98. The van der Waals surface area contributed by atoms with Crippen molar-refractivity contribution in [3.05, 3.63) is 0 Å². The molecule has 0 fully saturated rings. The minimum atomic E-state index is -0.667. The average molecular weight is 243 g/mol. The summed E-state index contributed by atoms with van der Waals surface area (Å²) in [6, 6.07) is 0.351. The first kappa shape index (κ1) is 16.4. The molecule has 0 aromatic rings. The van der Waals surface area contributed by atoms with E-state index in [1.807, 2.05) is 0 Å². The summed E-state index contributed by atoms with van der Waals surface area (Å²) in [4.78, 5) is 10.3. The Hall–Kier alpha value is -0.570. The van der Waals surface area contributed by atoms with Gasteiger partial charge in [-0.25, -0.2) is 0 Å². The van der Waals surface area contributed by atoms with E-state index in [1.54, 1.807) is 0 Å². The first-order chi connectivity index (χ1) is 8.13. The summed E-state index contributed by atoms with van der Waals surface area (Å²) in [5.74, 6) is -0.667. The summed E-state index contributed by atoms with van der Waals surface area (Å²) in [5, 5.41) is 8.47. The van der Waals surface area contributed by atoms with E-state index >= 15 is 0 Å². The van der Waals surface area contributed by atoms with Crippen LogP contribution in [0.15, 0.2) is 0 Å². The molecule has 0 aromatic heterocycles. The van der Waals surface area contributed by atoms with Gasteiger partial charge in [-0.3, -0.25) is 4.79 Å². The maximum absolute atomic E-state index is 10.3. The smallest absolute Gasteiger partial charge is 0.303 e. The highest BCUT2D eigenvalue weighted by molar-refractivity contribution is 5.66. The molecule has 17 heavy (non-hydrogen) atoms. The van der Waals surface area contributed by atoms with E-state index in [9.17, 15) is 4.79 Å². The van der Waals surface area contributed by atoms with Crippen LogP contribution in [0.4, 0.5) is 0 Å². The third kappa shape index (κ3) is 15.4. The van der Waals surface area contributed by atoms with Crippen molar-refractivity contribution in [2.24, 2.45) is 5.73 Å². The van der Waals surface area contributed by atoms with Gasteiger partial charge < -0.3 is 10.8 Å². The van der Waals surface area contributed by atoms with E-state index in [0.717, 1.165) is 19.3 Å². The average Bonchev–Trinajstić information content (AvgIpc) is 2.25. The number of hydrogen-bond acceptors (Lipinski definition) is 2. The topological polar surface area (TPSA) is 63.3 Å². The summed E-state index contributed by atoms with van der Waals surface area (Å²) in [6.07, 6.45) is 12.3. The predicted octanol–water partition coefficient (Wildman–Crippen LogP) is 3.71. The molecular formula is C14H29NO2. The molecule has 3 heteroatoms. The van der Waals surface area contributed by atoms with E-state index in [4.69, 9.17) is 10.8 Å². The maximum Gasteiger partial charge on any atom is 0.303 e. The summed E-state index contributed by atoms with van der Waals surface area (Å²) in [7, 11) is 0. The maximum atomic E-state index is 10.3. The van der Waals surface area contributed by atoms with Gasteiger partial charge in [0.2, 0.25) is 0 Å². The molecule has 0 bridgehead atoms. The van der Waals surface area contributed by atoms with Gasteiger partial charge in [-0.2, -0.15) is 0 Å². The van der Waals surface area contributed by atoms with Crippen molar-refractivity contribution in [3.63, 3.8) is 0 Å². The highest BCUT2D eigenvalue weighted by atomic mass is 16.4. The number of aliphatic carboxylic acids is 1. The lowest BCUT2D eigenvalue weighted by molar-refractivity contribution is -0.137. The standard InChI is InChI=1S/C14H29NO2/c1-13(15)11-9-7-5-3-2-4-6-8-10-12-14(16)17/h13H,2-12,15H2,1H3,(H,16,17). The lowest BCUT2D eigenvalue weighted by Gasteiger charge is -2.04. The van der Waals surface area contributed by atoms with E-state index in [0.29, 0.717) is 12.5 Å². The van der Waals surface area contributed by atoms with Gasteiger partial charge in [-0.15, -0.1) is 0 Å². The van der Waals surface area contributed by atoms with Crippen molar-refractivity contribution in [1.82, 2.24) is 0 Å². The van der Waals surface area contributed by atoms with E-state index < -0.39 is 5.97 Å². The highest BCUT2D eigenvalue weighted by Gasteiger charge is 1.97. The molecule has 0 saturated carbocycles. The molecule has 0 aliphatic rings. The minimum absolute atomic E-state index is 0.331. The predicted molar refractivity (Wildman–Crippen MR) is 72.1 cm³/mol. The lowest BCUT2D eigenvalue weighted by Crippen LogP contribution is -2.13. The van der Waals surface area contributed by atoms with Crippen molar-refractivity contribution >= 4 is 5.97 Å². The third-order valence-electron chi connectivity index (χ3n) is 3.05. The zero-order chi connectivity index (χ0) is 12.9. The summed E-state index contributed by atoms with van der Waals surface area (Å²) in [6.45, 7) is 2.07. The Bertz CT molecular complexity index is 181. The molecule has 0 aromatic carbocycles. The Balaban J connectivity index is 2.96. The van der Waals surface area contributed by atoms with Gasteiger partial charge in [0.1, 0.15) is 0 Å². The van der Waals surface area contributed by atoms with Gasteiger partial charge in [-0.05, 0) is 19.8 Å². The molecule has 0 radical (unpaired) electrons. The number of nitrogens with two attached hydrogens (primary N) is 1. The molecule has 1 atom stereocenters. The van der Waals surface area contributed by atoms with Crippen LogP contribution in [0.2, 0.25) is 0 Å². The van der Waals surface area contributed by atoms with Crippen molar-refractivity contribution in [2.75, 3.05) is 0 Å². The number of unbranched alkanes of at least 4 members (excludes halogenated alkanes) is 8. The second kappa shape index (κ2) is 11.9. The minimum Gasteiger partial charge on any atom is -0.481 e. The molecule has 102 valence electrons. The molecular weight excluding hydrogens is 214 g/mol. The van der Waals surface area contributed by atoms with Crippen LogP contribution in [0.25, 0.3) is 0 Å². The molecule has 0 aliphatic heterocycles. The van der Waals surface area contributed by atoms with Crippen LogP contribution in [0.3, 0.4) is 0 Å². The van der Waals surface area contributed by atoms with Gasteiger partial charge >= 0.3 is 5.97 Å². The lowest BCUT2D eigenvalue weighted by atomic mass is 10.0. The van der Waals surface area contributed by atoms with Crippen LogP contribution in [0.1, 0.15) is 77.6 Å². The Morgan fingerprint density at radius 1 is 0.941 bits per heavy atom. The number of carboxylic acids is 1. The number of hydrogen-bond donors (Lipinski definition) is 2. The Labute approximate surface area is 106 Å². The first-order valence-corrected chi connectivity index (χ1v) is 7.10. The quantitative estimate of drug-likeness (QED) is 0.514. The van der Waals surface area contributed by atoms with Crippen LogP contribution < -0.4 is 5.73 Å². The number of carboxylic acid groups (broad SMARTS) is 1. The van der Waals surface area contributed by atoms with Crippen molar-refractivity contribution < 1.29 is 9.90 Å². The molecule has 0 saturated heterocycles. The van der Waals surface area contributed by atoms with Gasteiger partial charge in [0, 0.05) is 12.5 Å². The van der Waals surface area contributed by atoms with E-state index in [-0.39, 0.29) is 0 Å². The number of rotatable bonds is 12. The fraction of sp³-hybridized carbons (Fsp3) is 0.929. The number of carbonyl (C=O) groups is 1. The van der Waals surface area contributed by atoms with Crippen LogP contribution in [0, 0.1) is 0 Å². The second-order valence-electron chi connectivity index (χ2n) is 5.09. The molecule has 0 aliphatic carbocycles. The Morgan fingerprint density at radius 3 is 1.76 bits per heavy atom. The van der Waals surface area contributed by atoms with Crippen LogP contribution >= 0.6 is 0 Å². The monoisotopic (exact) mass is 243 g/mol. The van der Waals surface area contributed by atoms with Gasteiger partial charge in [0.25, 0.3) is 0 Å². The normalized spacial score (nSPS) is 12.6. The van der Waals surface area contributed by atoms with Gasteiger partial charge in [-0.1, -0.05) is 51.4 Å². The molecule has 0 rings (SSSR count). The highest BCUT2D eigenvalue weighted by Crippen LogP contribution is 2.11. The Kier molecular flexibility index (Phi) is 11.5. The molecule has 0 amide bonds. The molecule has 0 spiro atoms. The Morgan fingerprint density at radius 2 is 1.35 bits per heavy atom. The second-order valence-corrected chi connectivity index (χ2v) is 5.09. The van der Waals surface area contributed by atoms with Gasteiger partial charge in [0.15, 0.2) is 0 Å². The summed E-state index contributed by atoms with van der Waals surface area (Å²) < 4.78 is 0. The summed E-state index contributed by atoms with van der Waals surface area (Å²) in [5.41, 5.74) is 5.68. The van der Waals surface area contributed by atoms with E-state index in [1.165, 1.54) is 44.9 Å². The van der Waals surface area contributed by atoms with Crippen LogP contribution in [-0.4, -0.2) is 17.1 Å².